The number of ether oxygens (including phenoxy) is 1. The lowest BCUT2D eigenvalue weighted by Gasteiger charge is -2.10. The number of benzene rings is 2. The summed E-state index contributed by atoms with van der Waals surface area (Å²) in [7, 11) is 3.21. The summed E-state index contributed by atoms with van der Waals surface area (Å²) in [6.45, 7) is 0. The molecular formula is C18H16N2O3. The Morgan fingerprint density at radius 3 is 2.61 bits per heavy atom. The zero-order valence-electron chi connectivity index (χ0n) is 12.9. The van der Waals surface area contributed by atoms with E-state index in [0.29, 0.717) is 22.3 Å². The number of aryl methyl sites for hydroxylation is 1. The van der Waals surface area contributed by atoms with E-state index in [9.17, 15) is 9.90 Å². The lowest BCUT2D eigenvalue weighted by atomic mass is 10.1. The van der Waals surface area contributed by atoms with Crippen molar-refractivity contribution in [3.63, 3.8) is 0 Å². The van der Waals surface area contributed by atoms with E-state index < -0.39 is 0 Å². The molecular weight excluding hydrogens is 292 g/mol. The molecule has 3 aromatic rings. The van der Waals surface area contributed by atoms with Crippen LogP contribution in [0.3, 0.4) is 0 Å². The number of rotatable bonds is 3. The molecule has 3 rings (SSSR count). The first kappa shape index (κ1) is 14.8. The van der Waals surface area contributed by atoms with Crippen molar-refractivity contribution in [2.75, 3.05) is 7.11 Å². The number of nitrogens with zero attached hydrogens (tertiary/aromatic N) is 2. The summed E-state index contributed by atoms with van der Waals surface area (Å²) in [6, 6.07) is 14.4. The highest BCUT2D eigenvalue weighted by molar-refractivity contribution is 5.96. The van der Waals surface area contributed by atoms with Gasteiger partial charge in [0.25, 0.3) is 5.56 Å². The van der Waals surface area contributed by atoms with Crippen LogP contribution in [-0.4, -0.2) is 23.0 Å². The van der Waals surface area contributed by atoms with Crippen LogP contribution in [0.15, 0.2) is 58.3 Å². The Balaban J connectivity index is 2.19. The normalized spacial score (nSPS) is 11.2. The van der Waals surface area contributed by atoms with E-state index in [4.69, 9.17) is 4.74 Å². The number of hydrogen-bond donors (Lipinski definition) is 1. The second-order valence-corrected chi connectivity index (χ2v) is 5.10. The van der Waals surface area contributed by atoms with Crippen molar-refractivity contribution in [3.05, 3.63) is 64.4 Å². The Hall–Kier alpha value is -3.08. The average Bonchev–Trinajstić information content (AvgIpc) is 2.60. The van der Waals surface area contributed by atoms with Gasteiger partial charge in [-0.3, -0.25) is 9.79 Å². The number of aliphatic imine (C=N–C) groups is 1. The third-order valence-corrected chi connectivity index (χ3v) is 3.71. The number of para-hydroxylation sites is 1. The molecule has 1 N–H and O–H groups in total. The van der Waals surface area contributed by atoms with Crippen LogP contribution < -0.4 is 10.3 Å². The van der Waals surface area contributed by atoms with Gasteiger partial charge in [-0.2, -0.15) is 0 Å². The lowest BCUT2D eigenvalue weighted by molar-refractivity contribution is 0.415. The van der Waals surface area contributed by atoms with Gasteiger partial charge in [0.15, 0.2) is 0 Å². The van der Waals surface area contributed by atoms with E-state index in [2.05, 4.69) is 4.99 Å². The van der Waals surface area contributed by atoms with Crippen molar-refractivity contribution >= 4 is 22.8 Å². The zero-order valence-corrected chi connectivity index (χ0v) is 12.9. The standard InChI is InChI=1S/C18H16N2O3/c1-20-16-10-13(23-2)8-9-14(16)17(21)15(18(20)22)11-19-12-6-4-3-5-7-12/h3-11,21H,1-2H3. The highest BCUT2D eigenvalue weighted by Gasteiger charge is 2.13. The summed E-state index contributed by atoms with van der Waals surface area (Å²) in [5.41, 5.74) is 1.16. The molecule has 0 spiro atoms. The second kappa shape index (κ2) is 5.96. The van der Waals surface area contributed by atoms with Crippen LogP contribution in [-0.2, 0) is 7.05 Å². The molecule has 23 heavy (non-hydrogen) atoms. The Morgan fingerprint density at radius 2 is 1.91 bits per heavy atom. The number of hydrogen-bond acceptors (Lipinski definition) is 4. The molecule has 0 bridgehead atoms. The van der Waals surface area contributed by atoms with Crippen molar-refractivity contribution in [2.45, 2.75) is 0 Å². The van der Waals surface area contributed by atoms with Gasteiger partial charge in [-0.15, -0.1) is 0 Å². The summed E-state index contributed by atoms with van der Waals surface area (Å²) in [6.07, 6.45) is 1.40. The van der Waals surface area contributed by atoms with Crippen LogP contribution >= 0.6 is 0 Å². The monoisotopic (exact) mass is 308 g/mol. The summed E-state index contributed by atoms with van der Waals surface area (Å²) in [5, 5.41) is 11.0. The van der Waals surface area contributed by atoms with Crippen LogP contribution in [0.1, 0.15) is 5.56 Å². The number of aromatic hydroxyl groups is 1. The van der Waals surface area contributed by atoms with Gasteiger partial charge in [0.2, 0.25) is 0 Å². The maximum Gasteiger partial charge on any atom is 0.263 e. The molecule has 0 unspecified atom stereocenters. The van der Waals surface area contributed by atoms with E-state index in [1.165, 1.54) is 10.8 Å². The first-order valence-electron chi connectivity index (χ1n) is 7.10. The Kier molecular flexibility index (Phi) is 3.85. The topological polar surface area (TPSA) is 63.8 Å². The van der Waals surface area contributed by atoms with E-state index >= 15 is 0 Å². The highest BCUT2D eigenvalue weighted by atomic mass is 16.5. The molecule has 0 amide bonds. The van der Waals surface area contributed by atoms with Crippen LogP contribution in [0.5, 0.6) is 11.5 Å². The minimum Gasteiger partial charge on any atom is -0.506 e. The zero-order chi connectivity index (χ0) is 16.4. The number of fused-ring (bicyclic) bond motifs is 1. The van der Waals surface area contributed by atoms with Crippen molar-refractivity contribution < 1.29 is 9.84 Å². The minimum atomic E-state index is -0.317. The molecule has 0 fully saturated rings. The van der Waals surface area contributed by atoms with E-state index in [1.54, 1.807) is 32.4 Å². The van der Waals surface area contributed by atoms with Gasteiger partial charge in [0.05, 0.1) is 18.3 Å². The summed E-state index contributed by atoms with van der Waals surface area (Å²) >= 11 is 0. The van der Waals surface area contributed by atoms with Gasteiger partial charge >= 0.3 is 0 Å². The fourth-order valence-electron chi connectivity index (χ4n) is 2.42. The van der Waals surface area contributed by atoms with E-state index in [1.807, 2.05) is 30.3 Å². The molecule has 0 radical (unpaired) electrons. The molecule has 5 heteroatoms. The summed E-state index contributed by atoms with van der Waals surface area (Å²) in [4.78, 5) is 16.8. The van der Waals surface area contributed by atoms with Crippen molar-refractivity contribution in [2.24, 2.45) is 12.0 Å². The second-order valence-electron chi connectivity index (χ2n) is 5.10. The molecule has 116 valence electrons. The largest absolute Gasteiger partial charge is 0.506 e. The third kappa shape index (κ3) is 2.68. The van der Waals surface area contributed by atoms with Gasteiger partial charge in [-0.25, -0.2) is 0 Å². The van der Waals surface area contributed by atoms with E-state index in [-0.39, 0.29) is 16.9 Å². The highest BCUT2D eigenvalue weighted by Crippen LogP contribution is 2.28. The number of aromatic nitrogens is 1. The van der Waals surface area contributed by atoms with E-state index in [0.717, 1.165) is 0 Å². The van der Waals surface area contributed by atoms with Crippen LogP contribution in [0.2, 0.25) is 0 Å². The Morgan fingerprint density at radius 1 is 1.17 bits per heavy atom. The molecule has 0 atom stereocenters. The third-order valence-electron chi connectivity index (χ3n) is 3.71. The maximum absolute atomic E-state index is 12.5. The molecule has 0 saturated carbocycles. The fraction of sp³-hybridized carbons (Fsp3) is 0.111. The average molecular weight is 308 g/mol. The van der Waals surface area contributed by atoms with Gasteiger partial charge in [-0.1, -0.05) is 18.2 Å². The molecule has 0 aliphatic heterocycles. The SMILES string of the molecule is COc1ccc2c(O)c(C=Nc3ccccc3)c(=O)n(C)c2c1. The van der Waals surface area contributed by atoms with Crippen molar-refractivity contribution in [1.82, 2.24) is 4.57 Å². The summed E-state index contributed by atoms with van der Waals surface area (Å²) in [5.74, 6) is 0.544. The first-order valence-corrected chi connectivity index (χ1v) is 7.10. The van der Waals surface area contributed by atoms with Gasteiger partial charge in [0.1, 0.15) is 17.1 Å². The van der Waals surface area contributed by atoms with Crippen LogP contribution in [0, 0.1) is 0 Å². The molecule has 5 nitrogen and oxygen atoms in total. The van der Waals surface area contributed by atoms with Crippen LogP contribution in [0.4, 0.5) is 5.69 Å². The summed E-state index contributed by atoms with van der Waals surface area (Å²) < 4.78 is 6.65. The Labute approximate surface area is 133 Å². The Bertz CT molecular complexity index is 944. The molecule has 0 saturated heterocycles. The van der Waals surface area contributed by atoms with Gasteiger partial charge in [0, 0.05) is 24.7 Å². The quantitative estimate of drug-likeness (QED) is 0.757. The number of pyridine rings is 1. The van der Waals surface area contributed by atoms with Gasteiger partial charge < -0.3 is 14.4 Å². The molecule has 0 aliphatic carbocycles. The molecule has 1 aromatic heterocycles. The molecule has 1 heterocycles. The fourth-order valence-corrected chi connectivity index (χ4v) is 2.42. The van der Waals surface area contributed by atoms with Crippen molar-refractivity contribution in [3.8, 4) is 11.5 Å². The smallest absolute Gasteiger partial charge is 0.263 e. The van der Waals surface area contributed by atoms with Crippen LogP contribution in [0.25, 0.3) is 10.9 Å². The number of methoxy groups -OCH3 is 1. The maximum atomic E-state index is 12.5. The van der Waals surface area contributed by atoms with Crippen molar-refractivity contribution in [1.29, 1.82) is 0 Å². The molecule has 2 aromatic carbocycles. The molecule has 0 aliphatic rings. The lowest BCUT2D eigenvalue weighted by Crippen LogP contribution is -2.21. The first-order chi connectivity index (χ1) is 11.1. The van der Waals surface area contributed by atoms with Gasteiger partial charge in [-0.05, 0) is 24.3 Å². The minimum absolute atomic E-state index is 0.0783. The predicted molar refractivity (Wildman–Crippen MR) is 91.1 cm³/mol. The predicted octanol–water partition coefficient (Wildman–Crippen LogP) is 3.00.